The predicted molar refractivity (Wildman–Crippen MR) is 59.1 cm³/mol. The van der Waals surface area contributed by atoms with Crippen LogP contribution in [0.3, 0.4) is 0 Å². The molecule has 0 aromatic heterocycles. The molecule has 0 radical (unpaired) electrons. The quantitative estimate of drug-likeness (QED) is 0.464. The monoisotopic (exact) mass is 248 g/mol. The number of esters is 2. The summed E-state index contributed by atoms with van der Waals surface area (Å²) in [5.41, 5.74) is 0. The van der Waals surface area contributed by atoms with Crippen molar-refractivity contribution < 1.29 is 29.3 Å². The summed E-state index contributed by atoms with van der Waals surface area (Å²) in [5.74, 6) is -1.48. The van der Waals surface area contributed by atoms with E-state index in [4.69, 9.17) is 10.2 Å². The van der Waals surface area contributed by atoms with Crippen LogP contribution in [0.1, 0.15) is 33.1 Å². The first kappa shape index (κ1) is 15.9. The van der Waals surface area contributed by atoms with Gasteiger partial charge in [0.15, 0.2) is 0 Å². The van der Waals surface area contributed by atoms with Crippen LogP contribution in [0.5, 0.6) is 0 Å². The van der Waals surface area contributed by atoms with Gasteiger partial charge in [-0.3, -0.25) is 9.59 Å². The summed E-state index contributed by atoms with van der Waals surface area (Å²) in [6, 6.07) is 0. The molecule has 0 aliphatic heterocycles. The largest absolute Gasteiger partial charge is 0.462 e. The summed E-state index contributed by atoms with van der Waals surface area (Å²) in [7, 11) is 0. The number of hydrogen-bond donors (Lipinski definition) is 2. The molecule has 0 spiro atoms. The van der Waals surface area contributed by atoms with Gasteiger partial charge in [-0.25, -0.2) is 0 Å². The predicted octanol–water partition coefficient (Wildman–Crippen LogP) is 0.00470. The first-order chi connectivity index (χ1) is 7.99. The van der Waals surface area contributed by atoms with Crippen LogP contribution in [-0.4, -0.2) is 47.6 Å². The number of ether oxygens (including phenoxy) is 2. The van der Waals surface area contributed by atoms with Gasteiger partial charge in [-0.05, 0) is 12.8 Å². The summed E-state index contributed by atoms with van der Waals surface area (Å²) < 4.78 is 9.29. The molecular formula is C11H20O6. The van der Waals surface area contributed by atoms with Crippen molar-refractivity contribution in [3.8, 4) is 0 Å². The number of carbonyl (C=O) groups is 2. The average molecular weight is 248 g/mol. The van der Waals surface area contributed by atoms with Gasteiger partial charge in [0.05, 0.1) is 12.2 Å². The van der Waals surface area contributed by atoms with E-state index in [1.54, 1.807) is 13.8 Å². The standard InChI is InChI=1S/C11H20O6/c1-3-8(12)6-16-10(14)5-11(15)17-7-9(13)4-2/h8-9,12-13H,3-7H2,1-2H3. The van der Waals surface area contributed by atoms with Gasteiger partial charge in [-0.2, -0.15) is 0 Å². The van der Waals surface area contributed by atoms with Gasteiger partial charge in [-0.15, -0.1) is 0 Å². The molecule has 100 valence electrons. The van der Waals surface area contributed by atoms with Crippen molar-refractivity contribution in [2.75, 3.05) is 13.2 Å². The molecule has 0 saturated carbocycles. The van der Waals surface area contributed by atoms with Crippen LogP contribution in [0.25, 0.3) is 0 Å². The van der Waals surface area contributed by atoms with Crippen molar-refractivity contribution in [1.29, 1.82) is 0 Å². The van der Waals surface area contributed by atoms with Crippen LogP contribution >= 0.6 is 0 Å². The molecule has 0 aromatic rings. The van der Waals surface area contributed by atoms with Crippen LogP contribution in [0, 0.1) is 0 Å². The van der Waals surface area contributed by atoms with Gasteiger partial charge in [-0.1, -0.05) is 13.8 Å². The Bertz CT molecular complexity index is 216. The van der Waals surface area contributed by atoms with Gasteiger partial charge in [0.1, 0.15) is 19.6 Å². The first-order valence-corrected chi connectivity index (χ1v) is 5.66. The number of hydrogen-bond acceptors (Lipinski definition) is 6. The summed E-state index contributed by atoms with van der Waals surface area (Å²) >= 11 is 0. The molecule has 0 aromatic carbocycles. The van der Waals surface area contributed by atoms with E-state index >= 15 is 0 Å². The maximum Gasteiger partial charge on any atom is 0.317 e. The van der Waals surface area contributed by atoms with Gasteiger partial charge < -0.3 is 19.7 Å². The maximum absolute atomic E-state index is 11.1. The van der Waals surface area contributed by atoms with E-state index in [9.17, 15) is 9.59 Å². The molecule has 0 amide bonds. The van der Waals surface area contributed by atoms with Crippen LogP contribution in [0.4, 0.5) is 0 Å². The Morgan fingerprint density at radius 2 is 1.29 bits per heavy atom. The summed E-state index contributed by atoms with van der Waals surface area (Å²) in [5, 5.41) is 18.2. The van der Waals surface area contributed by atoms with Crippen LogP contribution in [-0.2, 0) is 19.1 Å². The third-order valence-corrected chi connectivity index (χ3v) is 2.10. The SMILES string of the molecule is CCC(O)COC(=O)CC(=O)OCC(O)CC. The molecule has 0 rings (SSSR count). The van der Waals surface area contributed by atoms with Gasteiger partial charge in [0, 0.05) is 0 Å². The third kappa shape index (κ3) is 8.65. The molecule has 2 N–H and O–H groups in total. The third-order valence-electron chi connectivity index (χ3n) is 2.10. The van der Waals surface area contributed by atoms with Gasteiger partial charge in [0.2, 0.25) is 0 Å². The fourth-order valence-corrected chi connectivity index (χ4v) is 0.834. The fraction of sp³-hybridized carbons (Fsp3) is 0.818. The lowest BCUT2D eigenvalue weighted by atomic mass is 10.3. The zero-order chi connectivity index (χ0) is 13.3. The van der Waals surface area contributed by atoms with E-state index in [1.165, 1.54) is 0 Å². The Labute approximate surface area is 101 Å². The van der Waals surface area contributed by atoms with E-state index in [0.717, 1.165) is 0 Å². The lowest BCUT2D eigenvalue weighted by Gasteiger charge is -2.10. The van der Waals surface area contributed by atoms with E-state index in [2.05, 4.69) is 9.47 Å². The molecular weight excluding hydrogens is 228 g/mol. The Balaban J connectivity index is 3.69. The molecule has 2 atom stereocenters. The Kier molecular flexibility index (Phi) is 8.35. The first-order valence-electron chi connectivity index (χ1n) is 5.66. The minimum atomic E-state index is -0.742. The molecule has 2 unspecified atom stereocenters. The second-order valence-corrected chi connectivity index (χ2v) is 3.67. The molecule has 6 heteroatoms. The minimum absolute atomic E-state index is 0.125. The topological polar surface area (TPSA) is 93.1 Å². The fourth-order valence-electron chi connectivity index (χ4n) is 0.834. The molecule has 0 saturated heterocycles. The van der Waals surface area contributed by atoms with E-state index < -0.39 is 30.6 Å². The van der Waals surface area contributed by atoms with E-state index in [-0.39, 0.29) is 13.2 Å². The normalized spacial score (nSPS) is 13.9. The molecule has 0 aliphatic rings. The number of aliphatic hydroxyl groups is 2. The van der Waals surface area contributed by atoms with Gasteiger partial charge >= 0.3 is 11.9 Å². The molecule has 0 heterocycles. The molecule has 0 fully saturated rings. The van der Waals surface area contributed by atoms with E-state index in [0.29, 0.717) is 12.8 Å². The maximum atomic E-state index is 11.1. The molecule has 0 bridgehead atoms. The Morgan fingerprint density at radius 3 is 1.59 bits per heavy atom. The Hall–Kier alpha value is -1.14. The zero-order valence-corrected chi connectivity index (χ0v) is 10.2. The Morgan fingerprint density at radius 1 is 0.941 bits per heavy atom. The van der Waals surface area contributed by atoms with Crippen LogP contribution in [0.15, 0.2) is 0 Å². The summed E-state index contributed by atoms with van der Waals surface area (Å²) in [6.45, 7) is 3.25. The molecule has 0 aliphatic carbocycles. The number of rotatable bonds is 8. The van der Waals surface area contributed by atoms with E-state index in [1.807, 2.05) is 0 Å². The van der Waals surface area contributed by atoms with Crippen LogP contribution < -0.4 is 0 Å². The number of aliphatic hydroxyl groups excluding tert-OH is 2. The molecule has 6 nitrogen and oxygen atoms in total. The van der Waals surface area contributed by atoms with Crippen molar-refractivity contribution in [1.82, 2.24) is 0 Å². The second-order valence-electron chi connectivity index (χ2n) is 3.67. The lowest BCUT2D eigenvalue weighted by molar-refractivity contribution is -0.157. The average Bonchev–Trinajstić information content (AvgIpc) is 2.32. The summed E-state index contributed by atoms with van der Waals surface area (Å²) in [4.78, 5) is 22.2. The zero-order valence-electron chi connectivity index (χ0n) is 10.2. The van der Waals surface area contributed by atoms with Crippen molar-refractivity contribution in [2.45, 2.75) is 45.3 Å². The van der Waals surface area contributed by atoms with Crippen molar-refractivity contribution in [2.24, 2.45) is 0 Å². The van der Waals surface area contributed by atoms with Crippen molar-refractivity contribution in [3.05, 3.63) is 0 Å². The minimum Gasteiger partial charge on any atom is -0.462 e. The van der Waals surface area contributed by atoms with Crippen molar-refractivity contribution >= 4 is 11.9 Å². The molecule has 17 heavy (non-hydrogen) atoms. The highest BCUT2D eigenvalue weighted by molar-refractivity contribution is 5.91. The summed E-state index contributed by atoms with van der Waals surface area (Å²) in [6.07, 6.45) is -0.984. The number of carbonyl (C=O) groups excluding carboxylic acids is 2. The lowest BCUT2D eigenvalue weighted by Crippen LogP contribution is -2.22. The highest BCUT2D eigenvalue weighted by Gasteiger charge is 2.14. The smallest absolute Gasteiger partial charge is 0.317 e. The second kappa shape index (κ2) is 8.95. The highest BCUT2D eigenvalue weighted by atomic mass is 16.6. The van der Waals surface area contributed by atoms with Gasteiger partial charge in [0.25, 0.3) is 0 Å². The van der Waals surface area contributed by atoms with Crippen LogP contribution in [0.2, 0.25) is 0 Å². The highest BCUT2D eigenvalue weighted by Crippen LogP contribution is 1.97. The van der Waals surface area contributed by atoms with Crippen molar-refractivity contribution in [3.63, 3.8) is 0 Å².